The van der Waals surface area contributed by atoms with Gasteiger partial charge in [0.05, 0.1) is 21.7 Å². The van der Waals surface area contributed by atoms with Crippen LogP contribution in [0.4, 0.5) is 10.2 Å². The minimum atomic E-state index is -2.96. The van der Waals surface area contributed by atoms with Gasteiger partial charge in [-0.05, 0) is 30.2 Å². The van der Waals surface area contributed by atoms with Crippen molar-refractivity contribution in [2.75, 3.05) is 23.5 Å². The van der Waals surface area contributed by atoms with Crippen LogP contribution in [0.5, 0.6) is 0 Å². The molecule has 5 nitrogen and oxygen atoms in total. The first-order valence-corrected chi connectivity index (χ1v) is 10.5. The van der Waals surface area contributed by atoms with Gasteiger partial charge in [-0.25, -0.2) is 22.8 Å². The van der Waals surface area contributed by atoms with Crippen molar-refractivity contribution >= 4 is 37.2 Å². The van der Waals surface area contributed by atoms with Crippen LogP contribution < -0.4 is 4.90 Å². The Morgan fingerprint density at radius 2 is 2.00 bits per heavy atom. The van der Waals surface area contributed by atoms with Gasteiger partial charge in [-0.3, -0.25) is 0 Å². The largest absolute Gasteiger partial charge is 0.354 e. The normalized spacial score (nSPS) is 19.4. The summed E-state index contributed by atoms with van der Waals surface area (Å²) in [4.78, 5) is 11.6. The van der Waals surface area contributed by atoms with Gasteiger partial charge >= 0.3 is 0 Å². The zero-order valence-corrected chi connectivity index (χ0v) is 15.1. The maximum Gasteiger partial charge on any atom is 0.152 e. The quantitative estimate of drug-likeness (QED) is 0.702. The van der Waals surface area contributed by atoms with Gasteiger partial charge in [-0.2, -0.15) is 0 Å². The first-order valence-electron chi connectivity index (χ1n) is 7.87. The van der Waals surface area contributed by atoms with Crippen molar-refractivity contribution in [2.45, 2.75) is 12.5 Å². The molecule has 130 valence electrons. The van der Waals surface area contributed by atoms with E-state index in [1.54, 1.807) is 12.1 Å². The Morgan fingerprint density at radius 3 is 2.68 bits per heavy atom. The van der Waals surface area contributed by atoms with Crippen LogP contribution in [0.3, 0.4) is 0 Å². The summed E-state index contributed by atoms with van der Waals surface area (Å²) < 4.78 is 37.6. The van der Waals surface area contributed by atoms with Gasteiger partial charge in [0.2, 0.25) is 0 Å². The van der Waals surface area contributed by atoms with Gasteiger partial charge in [-0.1, -0.05) is 12.1 Å². The summed E-state index contributed by atoms with van der Waals surface area (Å²) in [6.45, 7) is 0. The molecular formula is C17H16FN3O2S2. The van der Waals surface area contributed by atoms with E-state index in [9.17, 15) is 12.8 Å². The number of aromatic nitrogens is 2. The minimum Gasteiger partial charge on any atom is -0.354 e. The highest BCUT2D eigenvalue weighted by Crippen LogP contribution is 2.37. The molecule has 1 saturated heterocycles. The van der Waals surface area contributed by atoms with E-state index in [1.807, 2.05) is 18.0 Å². The minimum absolute atomic E-state index is 0.0699. The van der Waals surface area contributed by atoms with Crippen molar-refractivity contribution < 1.29 is 12.8 Å². The van der Waals surface area contributed by atoms with E-state index in [1.165, 1.54) is 29.8 Å². The summed E-state index contributed by atoms with van der Waals surface area (Å²) in [6.07, 6.45) is 2.11. The summed E-state index contributed by atoms with van der Waals surface area (Å²) in [6, 6.07) is 8.22. The molecule has 1 aliphatic heterocycles. The fourth-order valence-electron chi connectivity index (χ4n) is 3.10. The lowest BCUT2D eigenvalue weighted by Crippen LogP contribution is -2.33. The SMILES string of the molecule is CN(c1ncnc2cc(-c3ccc(F)cc3)sc12)[C@H]1CCS(=O)(=O)C1. The Bertz CT molecular complexity index is 1030. The van der Waals surface area contributed by atoms with E-state index < -0.39 is 9.84 Å². The highest BCUT2D eigenvalue weighted by Gasteiger charge is 2.32. The van der Waals surface area contributed by atoms with Gasteiger partial charge in [0.15, 0.2) is 9.84 Å². The maximum atomic E-state index is 13.1. The number of hydrogen-bond donors (Lipinski definition) is 0. The number of halogens is 1. The Labute approximate surface area is 149 Å². The predicted molar refractivity (Wildman–Crippen MR) is 98.3 cm³/mol. The molecule has 0 N–H and O–H groups in total. The molecule has 1 aromatic carbocycles. The Hall–Kier alpha value is -2.06. The fraction of sp³-hybridized carbons (Fsp3) is 0.294. The number of fused-ring (bicyclic) bond motifs is 1. The molecule has 8 heteroatoms. The summed E-state index contributed by atoms with van der Waals surface area (Å²) in [7, 11) is -1.08. The van der Waals surface area contributed by atoms with Gasteiger partial charge < -0.3 is 4.90 Å². The highest BCUT2D eigenvalue weighted by atomic mass is 32.2. The molecule has 4 rings (SSSR count). The molecule has 2 aromatic heterocycles. The smallest absolute Gasteiger partial charge is 0.152 e. The lowest BCUT2D eigenvalue weighted by atomic mass is 10.2. The van der Waals surface area contributed by atoms with Gasteiger partial charge in [-0.15, -0.1) is 11.3 Å². The average Bonchev–Trinajstić information content (AvgIpc) is 3.17. The average molecular weight is 377 g/mol. The molecule has 1 fully saturated rings. The molecule has 0 spiro atoms. The second-order valence-corrected chi connectivity index (χ2v) is 9.48. The number of rotatable bonds is 3. The van der Waals surface area contributed by atoms with Gasteiger partial charge in [0, 0.05) is 18.0 Å². The van der Waals surface area contributed by atoms with Crippen molar-refractivity contribution in [3.63, 3.8) is 0 Å². The molecule has 3 aromatic rings. The van der Waals surface area contributed by atoms with Crippen LogP contribution in [0.2, 0.25) is 0 Å². The predicted octanol–water partition coefficient (Wildman–Crippen LogP) is 3.12. The topological polar surface area (TPSA) is 63.2 Å². The maximum absolute atomic E-state index is 13.1. The van der Waals surface area contributed by atoms with Crippen LogP contribution in [-0.2, 0) is 9.84 Å². The van der Waals surface area contributed by atoms with Crippen molar-refractivity contribution in [3.05, 3.63) is 42.5 Å². The summed E-state index contributed by atoms with van der Waals surface area (Å²) in [5.74, 6) is 0.852. The number of thiophene rings is 1. The summed E-state index contributed by atoms with van der Waals surface area (Å²) in [5, 5.41) is 0. The van der Waals surface area contributed by atoms with Crippen LogP contribution in [0, 0.1) is 5.82 Å². The van der Waals surface area contributed by atoms with E-state index in [0.29, 0.717) is 6.42 Å². The molecule has 0 saturated carbocycles. The van der Waals surface area contributed by atoms with E-state index in [4.69, 9.17) is 0 Å². The molecule has 1 atom stereocenters. The number of nitrogens with zero attached hydrogens (tertiary/aromatic N) is 3. The number of hydrogen-bond acceptors (Lipinski definition) is 6. The molecule has 0 radical (unpaired) electrons. The zero-order chi connectivity index (χ0) is 17.6. The molecule has 0 bridgehead atoms. The van der Waals surface area contributed by atoms with Gasteiger partial charge in [0.25, 0.3) is 0 Å². The Morgan fingerprint density at radius 1 is 1.24 bits per heavy atom. The van der Waals surface area contributed by atoms with E-state index >= 15 is 0 Å². The zero-order valence-electron chi connectivity index (χ0n) is 13.5. The molecule has 0 aliphatic carbocycles. The molecular weight excluding hydrogens is 361 g/mol. The lowest BCUT2D eigenvalue weighted by Gasteiger charge is -2.24. The van der Waals surface area contributed by atoms with Gasteiger partial charge in [0.1, 0.15) is 18.0 Å². The molecule has 0 amide bonds. The molecule has 25 heavy (non-hydrogen) atoms. The summed E-state index contributed by atoms with van der Waals surface area (Å²) >= 11 is 1.53. The number of sulfone groups is 1. The first kappa shape index (κ1) is 16.4. The molecule has 3 heterocycles. The third kappa shape index (κ3) is 3.11. The Balaban J connectivity index is 1.74. The van der Waals surface area contributed by atoms with Crippen molar-refractivity contribution in [2.24, 2.45) is 0 Å². The number of anilines is 1. The van der Waals surface area contributed by atoms with E-state index in [-0.39, 0.29) is 23.4 Å². The van der Waals surface area contributed by atoms with Crippen LogP contribution >= 0.6 is 11.3 Å². The van der Waals surface area contributed by atoms with E-state index in [2.05, 4.69) is 9.97 Å². The second kappa shape index (κ2) is 6.03. The first-order chi connectivity index (χ1) is 11.9. The van der Waals surface area contributed by atoms with Crippen LogP contribution in [0.15, 0.2) is 36.7 Å². The molecule has 1 aliphatic rings. The van der Waals surface area contributed by atoms with Crippen molar-refractivity contribution in [1.82, 2.24) is 9.97 Å². The highest BCUT2D eigenvalue weighted by molar-refractivity contribution is 7.91. The van der Waals surface area contributed by atoms with Crippen LogP contribution in [0.1, 0.15) is 6.42 Å². The van der Waals surface area contributed by atoms with Crippen LogP contribution in [0.25, 0.3) is 20.7 Å². The van der Waals surface area contributed by atoms with Crippen LogP contribution in [-0.4, -0.2) is 43.0 Å². The Kier molecular flexibility index (Phi) is 3.96. The molecule has 0 unspecified atom stereocenters. The van der Waals surface area contributed by atoms with Crippen molar-refractivity contribution in [1.29, 1.82) is 0 Å². The van der Waals surface area contributed by atoms with Crippen molar-refractivity contribution in [3.8, 4) is 10.4 Å². The standard InChI is InChI=1S/C17H16FN3O2S2/c1-21(13-6-7-25(22,23)9-13)17-16-14(19-10-20-17)8-15(24-16)11-2-4-12(18)5-3-11/h2-5,8,10,13H,6-7,9H2,1H3/t13-/m0/s1. The third-order valence-electron chi connectivity index (χ3n) is 4.51. The van der Waals surface area contributed by atoms with E-state index in [0.717, 1.165) is 26.5 Å². The third-order valence-corrected chi connectivity index (χ3v) is 7.43. The second-order valence-electron chi connectivity index (χ2n) is 6.20. The monoisotopic (exact) mass is 377 g/mol. The lowest BCUT2D eigenvalue weighted by molar-refractivity contribution is 0.600. The number of benzene rings is 1. The fourth-order valence-corrected chi connectivity index (χ4v) is 6.03. The summed E-state index contributed by atoms with van der Waals surface area (Å²) in [5.41, 5.74) is 1.73.